The van der Waals surface area contributed by atoms with Gasteiger partial charge in [-0.05, 0) is 40.0 Å². The second-order valence-corrected chi connectivity index (χ2v) is 6.44. The number of nitrogens with zero attached hydrogens (tertiary/aromatic N) is 1. The first-order chi connectivity index (χ1) is 9.37. The number of carbonyl (C=O) groups is 1. The van der Waals surface area contributed by atoms with Crippen LogP contribution in [0.2, 0.25) is 0 Å². The first-order valence-electron chi connectivity index (χ1n) is 7.59. The van der Waals surface area contributed by atoms with Crippen LogP contribution in [0.4, 0.5) is 4.79 Å². The molecule has 0 aromatic rings. The van der Waals surface area contributed by atoms with Crippen LogP contribution < -0.4 is 5.32 Å². The van der Waals surface area contributed by atoms with Crippen LogP contribution in [-0.4, -0.2) is 55.5 Å². The Morgan fingerprint density at radius 3 is 2.70 bits per heavy atom. The van der Waals surface area contributed by atoms with Crippen molar-refractivity contribution in [2.45, 2.75) is 64.6 Å². The van der Waals surface area contributed by atoms with Crippen LogP contribution in [0.1, 0.15) is 47.0 Å². The van der Waals surface area contributed by atoms with Gasteiger partial charge >= 0.3 is 6.09 Å². The molecule has 0 aliphatic carbocycles. The molecule has 0 aromatic carbocycles. The summed E-state index contributed by atoms with van der Waals surface area (Å²) in [6, 6.07) is 0.580. The van der Waals surface area contributed by atoms with Crippen LogP contribution in [0.5, 0.6) is 0 Å². The molecule has 5 nitrogen and oxygen atoms in total. The molecule has 1 N–H and O–H groups in total. The molecule has 0 aromatic heterocycles. The van der Waals surface area contributed by atoms with Crippen LogP contribution >= 0.6 is 0 Å². The number of methoxy groups -OCH3 is 1. The first kappa shape index (κ1) is 17.2. The monoisotopic (exact) mass is 286 g/mol. The Balaban J connectivity index is 2.46. The number of ether oxygens (including phenoxy) is 2. The molecule has 0 radical (unpaired) electrons. The van der Waals surface area contributed by atoms with Crippen molar-refractivity contribution in [1.29, 1.82) is 0 Å². The molecule has 1 aliphatic heterocycles. The highest BCUT2D eigenvalue weighted by atomic mass is 16.6. The zero-order valence-corrected chi connectivity index (χ0v) is 13.6. The highest BCUT2D eigenvalue weighted by Crippen LogP contribution is 2.20. The smallest absolute Gasteiger partial charge is 0.410 e. The van der Waals surface area contributed by atoms with E-state index in [4.69, 9.17) is 9.47 Å². The number of amides is 1. The first-order valence-corrected chi connectivity index (χ1v) is 7.59. The molecule has 118 valence electrons. The summed E-state index contributed by atoms with van der Waals surface area (Å²) in [7, 11) is 1.72. The summed E-state index contributed by atoms with van der Waals surface area (Å²) in [6.07, 6.45) is 2.91. The largest absolute Gasteiger partial charge is 0.444 e. The average Bonchev–Trinajstić information content (AvgIpc) is 2.80. The SMILES string of the molecule is CCC(COC)NCC1CCCN1C(=O)OC(C)(C)C. The third kappa shape index (κ3) is 5.67. The summed E-state index contributed by atoms with van der Waals surface area (Å²) in [5.41, 5.74) is -0.431. The van der Waals surface area contributed by atoms with Crippen molar-refractivity contribution in [1.82, 2.24) is 10.2 Å². The molecule has 1 heterocycles. The third-order valence-electron chi connectivity index (χ3n) is 3.51. The van der Waals surface area contributed by atoms with E-state index < -0.39 is 5.60 Å². The Kier molecular flexibility index (Phi) is 6.76. The number of hydrogen-bond acceptors (Lipinski definition) is 4. The third-order valence-corrected chi connectivity index (χ3v) is 3.51. The molecule has 0 saturated carbocycles. The van der Waals surface area contributed by atoms with Crippen LogP contribution in [-0.2, 0) is 9.47 Å². The van der Waals surface area contributed by atoms with E-state index >= 15 is 0 Å². The second kappa shape index (κ2) is 7.84. The van der Waals surface area contributed by atoms with Crippen molar-refractivity contribution in [3.63, 3.8) is 0 Å². The molecule has 20 heavy (non-hydrogen) atoms. The molecule has 0 spiro atoms. The molecule has 1 aliphatic rings. The average molecular weight is 286 g/mol. The van der Waals surface area contributed by atoms with Crippen LogP contribution in [0.25, 0.3) is 0 Å². The van der Waals surface area contributed by atoms with Crippen LogP contribution in [0, 0.1) is 0 Å². The topological polar surface area (TPSA) is 50.8 Å². The van der Waals surface area contributed by atoms with E-state index in [1.54, 1.807) is 7.11 Å². The molecule has 2 unspecified atom stereocenters. The predicted octanol–water partition coefficient (Wildman–Crippen LogP) is 2.40. The van der Waals surface area contributed by atoms with Crippen molar-refractivity contribution < 1.29 is 14.3 Å². The Hall–Kier alpha value is -0.810. The van der Waals surface area contributed by atoms with Gasteiger partial charge in [-0.2, -0.15) is 0 Å². The Morgan fingerprint density at radius 1 is 1.45 bits per heavy atom. The fraction of sp³-hybridized carbons (Fsp3) is 0.933. The molecule has 1 saturated heterocycles. The number of rotatable bonds is 6. The normalized spacial score (nSPS) is 21.1. The molecule has 2 atom stereocenters. The highest BCUT2D eigenvalue weighted by Gasteiger charge is 2.32. The van der Waals surface area contributed by atoms with Crippen molar-refractivity contribution in [3.8, 4) is 0 Å². The lowest BCUT2D eigenvalue weighted by atomic mass is 10.2. The summed E-state index contributed by atoms with van der Waals surface area (Å²) in [5, 5.41) is 3.49. The van der Waals surface area contributed by atoms with E-state index in [0.29, 0.717) is 12.6 Å². The molecule has 1 amide bonds. The van der Waals surface area contributed by atoms with Crippen molar-refractivity contribution in [2.75, 3.05) is 26.8 Å². The Morgan fingerprint density at radius 2 is 2.15 bits per heavy atom. The lowest BCUT2D eigenvalue weighted by Gasteiger charge is -2.29. The van der Waals surface area contributed by atoms with Gasteiger partial charge in [0.25, 0.3) is 0 Å². The van der Waals surface area contributed by atoms with Crippen molar-refractivity contribution in [2.24, 2.45) is 0 Å². The maximum atomic E-state index is 12.2. The van der Waals surface area contributed by atoms with Gasteiger partial charge in [-0.25, -0.2) is 4.79 Å². The molecular formula is C15H30N2O3. The lowest BCUT2D eigenvalue weighted by molar-refractivity contribution is 0.0222. The fourth-order valence-corrected chi connectivity index (χ4v) is 2.43. The number of hydrogen-bond donors (Lipinski definition) is 1. The molecule has 1 fully saturated rings. The van der Waals surface area contributed by atoms with E-state index in [2.05, 4.69) is 12.2 Å². The van der Waals surface area contributed by atoms with Gasteiger partial charge in [-0.3, -0.25) is 0 Å². The van der Waals surface area contributed by atoms with Gasteiger partial charge in [-0.15, -0.1) is 0 Å². The van der Waals surface area contributed by atoms with Crippen molar-refractivity contribution >= 4 is 6.09 Å². The maximum absolute atomic E-state index is 12.2. The van der Waals surface area contributed by atoms with E-state index in [-0.39, 0.29) is 12.1 Å². The quantitative estimate of drug-likeness (QED) is 0.814. The summed E-state index contributed by atoms with van der Waals surface area (Å²) in [4.78, 5) is 14.0. The van der Waals surface area contributed by atoms with Gasteiger partial charge in [0.2, 0.25) is 0 Å². The van der Waals surface area contributed by atoms with E-state index in [0.717, 1.165) is 32.4 Å². The van der Waals surface area contributed by atoms with Crippen LogP contribution in [0.3, 0.4) is 0 Å². The van der Waals surface area contributed by atoms with E-state index in [1.807, 2.05) is 25.7 Å². The van der Waals surface area contributed by atoms with E-state index in [1.165, 1.54) is 0 Å². The van der Waals surface area contributed by atoms with Gasteiger partial charge in [0.05, 0.1) is 6.61 Å². The number of likely N-dealkylation sites (tertiary alicyclic amines) is 1. The Bertz CT molecular complexity index is 302. The number of nitrogens with one attached hydrogen (secondary N) is 1. The molecular weight excluding hydrogens is 256 g/mol. The van der Waals surface area contributed by atoms with Crippen LogP contribution in [0.15, 0.2) is 0 Å². The van der Waals surface area contributed by atoms with Gasteiger partial charge < -0.3 is 19.7 Å². The Labute approximate surface area is 123 Å². The second-order valence-electron chi connectivity index (χ2n) is 6.44. The molecule has 5 heteroatoms. The van der Waals surface area contributed by atoms with Gasteiger partial charge in [-0.1, -0.05) is 6.92 Å². The molecule has 0 bridgehead atoms. The number of carbonyl (C=O) groups excluding carboxylic acids is 1. The predicted molar refractivity (Wildman–Crippen MR) is 79.9 cm³/mol. The fourth-order valence-electron chi connectivity index (χ4n) is 2.43. The van der Waals surface area contributed by atoms with Gasteiger partial charge in [0, 0.05) is 32.3 Å². The summed E-state index contributed by atoms with van der Waals surface area (Å²) >= 11 is 0. The van der Waals surface area contributed by atoms with Gasteiger partial charge in [0.1, 0.15) is 5.60 Å². The lowest BCUT2D eigenvalue weighted by Crippen LogP contribution is -2.46. The van der Waals surface area contributed by atoms with E-state index in [9.17, 15) is 4.79 Å². The highest BCUT2D eigenvalue weighted by molar-refractivity contribution is 5.69. The maximum Gasteiger partial charge on any atom is 0.410 e. The summed E-state index contributed by atoms with van der Waals surface area (Å²) in [5.74, 6) is 0. The van der Waals surface area contributed by atoms with Gasteiger partial charge in [0.15, 0.2) is 0 Å². The summed E-state index contributed by atoms with van der Waals surface area (Å²) in [6.45, 7) is 10.1. The molecule has 1 rings (SSSR count). The summed E-state index contributed by atoms with van der Waals surface area (Å²) < 4.78 is 10.6. The standard InChI is InChI=1S/C15H30N2O3/c1-6-12(11-19-5)16-10-13-8-7-9-17(13)14(18)20-15(2,3)4/h12-13,16H,6-11H2,1-5H3. The zero-order chi connectivity index (χ0) is 15.2. The minimum atomic E-state index is -0.431. The minimum absolute atomic E-state index is 0.193. The zero-order valence-electron chi connectivity index (χ0n) is 13.6. The minimum Gasteiger partial charge on any atom is -0.444 e. The van der Waals surface area contributed by atoms with Crippen molar-refractivity contribution in [3.05, 3.63) is 0 Å².